The highest BCUT2D eigenvalue weighted by molar-refractivity contribution is 5.94. The summed E-state index contributed by atoms with van der Waals surface area (Å²) >= 11 is 0. The van der Waals surface area contributed by atoms with Crippen molar-refractivity contribution in [3.8, 4) is 0 Å². The van der Waals surface area contributed by atoms with E-state index >= 15 is 0 Å². The highest BCUT2D eigenvalue weighted by Gasteiger charge is 2.29. The lowest BCUT2D eigenvalue weighted by atomic mass is 10.0. The first kappa shape index (κ1) is 29.8. The molecule has 10 N–H and O–H groups in total. The second kappa shape index (κ2) is 16.4. The van der Waals surface area contributed by atoms with Crippen LogP contribution < -0.4 is 33.2 Å². The predicted octanol–water partition coefficient (Wildman–Crippen LogP) is -0.823. The summed E-state index contributed by atoms with van der Waals surface area (Å²) in [4.78, 5) is 49.1. The van der Waals surface area contributed by atoms with Crippen LogP contribution in [0.4, 0.5) is 0 Å². The summed E-state index contributed by atoms with van der Waals surface area (Å²) in [6, 6.07) is -3.68. The van der Waals surface area contributed by atoms with Crippen LogP contribution in [0.1, 0.15) is 65.7 Å². The van der Waals surface area contributed by atoms with Crippen molar-refractivity contribution in [1.82, 2.24) is 16.0 Å². The van der Waals surface area contributed by atoms with E-state index < -0.39 is 47.9 Å². The highest BCUT2D eigenvalue weighted by Crippen LogP contribution is 2.09. The van der Waals surface area contributed by atoms with E-state index in [4.69, 9.17) is 22.3 Å². The van der Waals surface area contributed by atoms with E-state index in [1.54, 1.807) is 0 Å². The number of hydrogen-bond acceptors (Lipinski definition) is 7. The zero-order chi connectivity index (χ0) is 24.7. The second-order valence-electron chi connectivity index (χ2n) is 8.50. The van der Waals surface area contributed by atoms with E-state index in [0.29, 0.717) is 51.6 Å². The Bertz CT molecular complexity index is 601. The van der Waals surface area contributed by atoms with E-state index in [1.165, 1.54) is 6.92 Å². The summed E-state index contributed by atoms with van der Waals surface area (Å²) in [5.41, 5.74) is 16.9. The number of amides is 3. The van der Waals surface area contributed by atoms with E-state index in [1.807, 2.05) is 13.8 Å². The normalized spacial score (nSPS) is 14.8. The van der Waals surface area contributed by atoms with Crippen molar-refractivity contribution in [3.05, 3.63) is 0 Å². The molecule has 0 spiro atoms. The number of carboxylic acids is 1. The molecule has 0 saturated carbocycles. The van der Waals surface area contributed by atoms with Crippen LogP contribution in [-0.4, -0.2) is 66.1 Å². The van der Waals surface area contributed by atoms with Gasteiger partial charge in [-0.05, 0) is 64.5 Å². The van der Waals surface area contributed by atoms with Crippen LogP contribution in [0.2, 0.25) is 0 Å². The number of nitrogens with one attached hydrogen (secondary N) is 3. The van der Waals surface area contributed by atoms with Gasteiger partial charge in [-0.15, -0.1) is 0 Å². The van der Waals surface area contributed by atoms with Crippen molar-refractivity contribution < 1.29 is 24.3 Å². The Morgan fingerprint density at radius 2 is 1.25 bits per heavy atom. The Morgan fingerprint density at radius 3 is 1.75 bits per heavy atom. The molecule has 0 bridgehead atoms. The molecule has 0 heterocycles. The van der Waals surface area contributed by atoms with Crippen LogP contribution in [0.5, 0.6) is 0 Å². The number of nitrogens with two attached hydrogens (primary N) is 3. The predicted molar refractivity (Wildman–Crippen MR) is 122 cm³/mol. The molecule has 0 saturated heterocycles. The van der Waals surface area contributed by atoms with Gasteiger partial charge in [-0.1, -0.05) is 20.3 Å². The molecule has 0 fully saturated rings. The SMILES string of the molecule is CC(C)CC(NC(=O)C(N)CCCCN)C(=O)NC(CCCCN)C(=O)NC(C)C(=O)O. The average Bonchev–Trinajstić information content (AvgIpc) is 2.71. The minimum atomic E-state index is -1.18. The summed E-state index contributed by atoms with van der Waals surface area (Å²) in [7, 11) is 0. The van der Waals surface area contributed by atoms with E-state index in [0.717, 1.165) is 6.42 Å². The number of aliphatic carboxylic acids is 1. The third kappa shape index (κ3) is 12.6. The number of carbonyl (C=O) groups is 4. The van der Waals surface area contributed by atoms with Crippen molar-refractivity contribution in [1.29, 1.82) is 0 Å². The van der Waals surface area contributed by atoms with Gasteiger partial charge < -0.3 is 38.3 Å². The van der Waals surface area contributed by atoms with Crippen molar-refractivity contribution in [3.63, 3.8) is 0 Å². The first-order chi connectivity index (χ1) is 15.0. The van der Waals surface area contributed by atoms with Gasteiger partial charge in [0.15, 0.2) is 0 Å². The average molecular weight is 459 g/mol. The third-order valence-electron chi connectivity index (χ3n) is 4.96. The molecule has 0 aliphatic heterocycles. The van der Waals surface area contributed by atoms with Crippen molar-refractivity contribution >= 4 is 23.7 Å². The van der Waals surface area contributed by atoms with E-state index in [2.05, 4.69) is 16.0 Å². The second-order valence-corrected chi connectivity index (χ2v) is 8.50. The Morgan fingerprint density at radius 1 is 0.750 bits per heavy atom. The summed E-state index contributed by atoms with van der Waals surface area (Å²) < 4.78 is 0. The van der Waals surface area contributed by atoms with Gasteiger partial charge >= 0.3 is 5.97 Å². The Labute approximate surface area is 190 Å². The van der Waals surface area contributed by atoms with Gasteiger partial charge in [-0.25, -0.2) is 0 Å². The van der Waals surface area contributed by atoms with Crippen LogP contribution in [0.25, 0.3) is 0 Å². The summed E-state index contributed by atoms with van der Waals surface area (Å²) in [5, 5.41) is 16.8. The molecule has 4 unspecified atom stereocenters. The van der Waals surface area contributed by atoms with Crippen LogP contribution in [0.15, 0.2) is 0 Å². The largest absolute Gasteiger partial charge is 0.480 e. The topological polar surface area (TPSA) is 203 Å². The van der Waals surface area contributed by atoms with Gasteiger partial charge in [0.05, 0.1) is 6.04 Å². The van der Waals surface area contributed by atoms with Gasteiger partial charge in [-0.3, -0.25) is 19.2 Å². The first-order valence-corrected chi connectivity index (χ1v) is 11.3. The summed E-state index contributed by atoms with van der Waals surface area (Å²) in [5.74, 6) is -2.64. The maximum atomic E-state index is 13.0. The lowest BCUT2D eigenvalue weighted by Crippen LogP contribution is -2.57. The molecule has 0 radical (unpaired) electrons. The molecule has 32 heavy (non-hydrogen) atoms. The number of unbranched alkanes of at least 4 members (excludes halogenated alkanes) is 2. The molecular weight excluding hydrogens is 416 g/mol. The monoisotopic (exact) mass is 458 g/mol. The zero-order valence-corrected chi connectivity index (χ0v) is 19.6. The molecule has 0 aromatic heterocycles. The molecule has 4 atom stereocenters. The smallest absolute Gasteiger partial charge is 0.325 e. The Kier molecular flexibility index (Phi) is 15.3. The highest BCUT2D eigenvalue weighted by atomic mass is 16.4. The fourth-order valence-electron chi connectivity index (χ4n) is 3.03. The Balaban J connectivity index is 5.25. The van der Waals surface area contributed by atoms with Gasteiger partial charge in [-0.2, -0.15) is 0 Å². The molecule has 0 aromatic carbocycles. The number of carboxylic acid groups (broad SMARTS) is 1. The maximum Gasteiger partial charge on any atom is 0.325 e. The molecule has 11 heteroatoms. The zero-order valence-electron chi connectivity index (χ0n) is 19.6. The van der Waals surface area contributed by atoms with Crippen LogP contribution >= 0.6 is 0 Å². The first-order valence-electron chi connectivity index (χ1n) is 11.3. The van der Waals surface area contributed by atoms with Crippen molar-refractivity contribution in [2.24, 2.45) is 23.1 Å². The molecule has 0 rings (SSSR count). The van der Waals surface area contributed by atoms with Gasteiger partial charge in [0.25, 0.3) is 0 Å². The lowest BCUT2D eigenvalue weighted by molar-refractivity contribution is -0.141. The van der Waals surface area contributed by atoms with E-state index in [9.17, 15) is 19.2 Å². The molecule has 3 amide bonds. The maximum absolute atomic E-state index is 13.0. The van der Waals surface area contributed by atoms with E-state index in [-0.39, 0.29) is 5.92 Å². The lowest BCUT2D eigenvalue weighted by Gasteiger charge is -2.25. The Hall–Kier alpha value is -2.24. The molecule has 0 aliphatic carbocycles. The number of carbonyl (C=O) groups excluding carboxylic acids is 3. The van der Waals surface area contributed by atoms with Crippen molar-refractivity contribution in [2.75, 3.05) is 13.1 Å². The standard InChI is InChI=1S/C21H42N6O5/c1-13(2)12-17(27-18(28)15(24)8-4-6-10-22)20(30)26-16(9-5-7-11-23)19(29)25-14(3)21(31)32/h13-17H,4-12,22-24H2,1-3H3,(H,25,29)(H,26,30)(H,27,28)(H,31,32). The van der Waals surface area contributed by atoms with Crippen LogP contribution in [0, 0.1) is 5.92 Å². The van der Waals surface area contributed by atoms with Crippen LogP contribution in [0.3, 0.4) is 0 Å². The quantitative estimate of drug-likeness (QED) is 0.137. The number of rotatable bonds is 17. The van der Waals surface area contributed by atoms with Gasteiger partial charge in [0.2, 0.25) is 17.7 Å². The fourth-order valence-corrected chi connectivity index (χ4v) is 3.03. The summed E-state index contributed by atoms with van der Waals surface area (Å²) in [6.07, 6.45) is 3.79. The van der Waals surface area contributed by atoms with Crippen molar-refractivity contribution in [2.45, 2.75) is 89.9 Å². The molecule has 186 valence electrons. The third-order valence-corrected chi connectivity index (χ3v) is 4.96. The van der Waals surface area contributed by atoms with Gasteiger partial charge in [0, 0.05) is 0 Å². The van der Waals surface area contributed by atoms with Crippen LogP contribution in [-0.2, 0) is 19.2 Å². The minimum absolute atomic E-state index is 0.0936. The summed E-state index contributed by atoms with van der Waals surface area (Å²) in [6.45, 7) is 6.11. The number of hydrogen-bond donors (Lipinski definition) is 7. The molecular formula is C21H42N6O5. The molecule has 0 aromatic rings. The minimum Gasteiger partial charge on any atom is -0.480 e. The molecule has 11 nitrogen and oxygen atoms in total. The van der Waals surface area contributed by atoms with Gasteiger partial charge in [0.1, 0.15) is 18.1 Å². The fraction of sp³-hybridized carbons (Fsp3) is 0.810. The molecule has 0 aliphatic rings.